The Morgan fingerprint density at radius 1 is 0.413 bits per heavy atom. The van der Waals surface area contributed by atoms with Gasteiger partial charge in [0.2, 0.25) is 0 Å². The Balaban J connectivity index is 4.52. The third-order valence-corrected chi connectivity index (χ3v) is 12.6. The van der Waals surface area contributed by atoms with Gasteiger partial charge < -0.3 is 19.5 Å². The van der Waals surface area contributed by atoms with Crippen LogP contribution in [-0.2, 0) is 19.1 Å². The number of hydrogen-bond donors (Lipinski definition) is 1. The first kappa shape index (κ1) is 61.3. The Kier molecular flexibility index (Phi) is 49.9. The number of unbranched alkanes of at least 4 members (excludes halogenated alkanes) is 35. The van der Waals surface area contributed by atoms with Crippen LogP contribution in [0.1, 0.15) is 265 Å². The minimum absolute atomic E-state index is 0.316. The molecule has 0 aromatic carbocycles. The molecule has 0 heterocycles. The van der Waals surface area contributed by atoms with E-state index in [1.807, 2.05) is 12.2 Å². The maximum Gasteiger partial charge on any atom is 0.330 e. The molecule has 0 radical (unpaired) electrons. The maximum atomic E-state index is 12.5. The van der Waals surface area contributed by atoms with Gasteiger partial charge in [-0.3, -0.25) is 4.90 Å². The predicted octanol–water partition coefficient (Wildman–Crippen LogP) is 15.7. The number of nitrogens with zero attached hydrogens (tertiary/aromatic N) is 2. The fraction of sp³-hybridized carbons (Fsp3) is 0.893. The summed E-state index contributed by atoms with van der Waals surface area (Å²) in [7, 11) is 2.09. The summed E-state index contributed by atoms with van der Waals surface area (Å²) < 4.78 is 11.0. The van der Waals surface area contributed by atoms with E-state index in [1.54, 1.807) is 0 Å². The van der Waals surface area contributed by atoms with E-state index in [2.05, 4.69) is 37.6 Å². The highest BCUT2D eigenvalue weighted by molar-refractivity contribution is 5.82. The Labute approximate surface area is 392 Å². The van der Waals surface area contributed by atoms with Crippen LogP contribution in [-0.4, -0.2) is 85.9 Å². The van der Waals surface area contributed by atoms with Crippen LogP contribution in [0.2, 0.25) is 0 Å². The normalized spacial score (nSPS) is 12.4. The molecule has 0 aliphatic rings. The second kappa shape index (κ2) is 51.3. The minimum atomic E-state index is -0.542. The molecule has 372 valence electrons. The van der Waals surface area contributed by atoms with Gasteiger partial charge in [0.05, 0.1) is 19.3 Å². The highest BCUT2D eigenvalue weighted by Crippen LogP contribution is 2.15. The van der Waals surface area contributed by atoms with Crippen LogP contribution < -0.4 is 0 Å². The lowest BCUT2D eigenvalue weighted by molar-refractivity contribution is -0.138. The summed E-state index contributed by atoms with van der Waals surface area (Å²) in [6.45, 7) is 10.7. The monoisotopic (exact) mass is 889 g/mol. The molecule has 0 rings (SSSR count). The first-order chi connectivity index (χ1) is 30.9. The van der Waals surface area contributed by atoms with Crippen molar-refractivity contribution in [3.05, 3.63) is 24.3 Å². The first-order valence-electron chi connectivity index (χ1n) is 27.7. The molecule has 0 saturated carbocycles. The average molecular weight is 889 g/mol. The maximum absolute atomic E-state index is 12.5. The third-order valence-electron chi connectivity index (χ3n) is 12.6. The second-order valence-corrected chi connectivity index (χ2v) is 19.1. The lowest BCUT2D eigenvalue weighted by Gasteiger charge is -2.26. The van der Waals surface area contributed by atoms with Crippen molar-refractivity contribution in [3.63, 3.8) is 0 Å². The molecule has 0 aliphatic carbocycles. The lowest BCUT2D eigenvalue weighted by Crippen LogP contribution is -2.39. The highest BCUT2D eigenvalue weighted by Gasteiger charge is 2.13. The molecule has 0 aliphatic heterocycles. The van der Waals surface area contributed by atoms with Crippen molar-refractivity contribution >= 4 is 11.9 Å². The number of carbonyl (C=O) groups is 2. The lowest BCUT2D eigenvalue weighted by atomic mass is 10.0. The summed E-state index contributed by atoms with van der Waals surface area (Å²) in [6, 6.07) is 0. The molecule has 0 aromatic rings. The average Bonchev–Trinajstić information content (AvgIpc) is 3.26. The van der Waals surface area contributed by atoms with E-state index in [-0.39, 0.29) is 11.9 Å². The first-order valence-corrected chi connectivity index (χ1v) is 27.7. The molecule has 0 amide bonds. The molecular weight excluding hydrogens is 781 g/mol. The number of ether oxygens (including phenoxy) is 2. The fourth-order valence-corrected chi connectivity index (χ4v) is 8.53. The standard InChI is InChI=1S/C56H108N2O5/c1-5-8-11-14-17-20-23-26-29-32-35-38-41-50-62-55(60)45-43-48-58(53-54(59)52-57(4)47-40-37-34-31-28-25-22-19-16-13-10-7-3)49-44-46-56(61)63-51-42-39-36-33-30-27-24-21-18-15-12-9-6-2/h43-46,54,59H,5-42,47-53H2,1-4H3. The second-order valence-electron chi connectivity index (χ2n) is 19.1. The molecule has 0 spiro atoms. The molecule has 0 fully saturated rings. The zero-order valence-electron chi connectivity index (χ0n) is 42.7. The number of likely N-dealkylation sites (N-methyl/N-ethyl adjacent to an activating group) is 1. The third kappa shape index (κ3) is 49.6. The van der Waals surface area contributed by atoms with Crippen molar-refractivity contribution in [2.45, 2.75) is 271 Å². The number of aliphatic hydroxyl groups excluding tert-OH is 1. The van der Waals surface area contributed by atoms with Crippen LogP contribution >= 0.6 is 0 Å². The molecule has 1 N–H and O–H groups in total. The van der Waals surface area contributed by atoms with E-state index in [0.717, 1.165) is 38.6 Å². The molecule has 0 bridgehead atoms. The van der Waals surface area contributed by atoms with Crippen molar-refractivity contribution < 1.29 is 24.2 Å². The molecule has 1 unspecified atom stereocenters. The zero-order chi connectivity index (χ0) is 45.9. The largest absolute Gasteiger partial charge is 0.463 e. The summed E-state index contributed by atoms with van der Waals surface area (Å²) in [4.78, 5) is 29.3. The molecule has 0 saturated heterocycles. The predicted molar refractivity (Wildman–Crippen MR) is 273 cm³/mol. The summed E-state index contributed by atoms with van der Waals surface area (Å²) in [5, 5.41) is 11.1. The Bertz CT molecular complexity index is 946. The van der Waals surface area contributed by atoms with Crippen molar-refractivity contribution in [2.75, 3.05) is 53.0 Å². The van der Waals surface area contributed by atoms with Gasteiger partial charge in [-0.25, -0.2) is 9.59 Å². The van der Waals surface area contributed by atoms with Gasteiger partial charge in [0.1, 0.15) is 0 Å². The van der Waals surface area contributed by atoms with E-state index >= 15 is 0 Å². The van der Waals surface area contributed by atoms with E-state index in [1.165, 1.54) is 224 Å². The van der Waals surface area contributed by atoms with Crippen molar-refractivity contribution in [1.29, 1.82) is 0 Å². The van der Waals surface area contributed by atoms with Gasteiger partial charge in [-0.05, 0) is 32.9 Å². The van der Waals surface area contributed by atoms with Gasteiger partial charge in [0.25, 0.3) is 0 Å². The van der Waals surface area contributed by atoms with Gasteiger partial charge in [0.15, 0.2) is 0 Å². The summed E-state index contributed by atoms with van der Waals surface area (Å²) in [5.74, 6) is -0.632. The Morgan fingerprint density at radius 2 is 0.683 bits per heavy atom. The van der Waals surface area contributed by atoms with Crippen LogP contribution in [0.3, 0.4) is 0 Å². The molecule has 0 aromatic heterocycles. The smallest absolute Gasteiger partial charge is 0.330 e. The molecule has 7 heteroatoms. The molecular formula is C56H108N2O5. The summed E-state index contributed by atoms with van der Waals surface area (Å²) in [5.41, 5.74) is 0. The number of esters is 2. The van der Waals surface area contributed by atoms with Gasteiger partial charge in [-0.2, -0.15) is 0 Å². The Morgan fingerprint density at radius 3 is 0.984 bits per heavy atom. The van der Waals surface area contributed by atoms with E-state index in [4.69, 9.17) is 9.47 Å². The van der Waals surface area contributed by atoms with Gasteiger partial charge in [0, 0.05) is 38.3 Å². The zero-order valence-corrected chi connectivity index (χ0v) is 42.7. The summed E-state index contributed by atoms with van der Waals surface area (Å²) in [6.07, 6.45) is 55.7. The highest BCUT2D eigenvalue weighted by atomic mass is 16.5. The van der Waals surface area contributed by atoms with Crippen LogP contribution in [0.25, 0.3) is 0 Å². The van der Waals surface area contributed by atoms with Crippen LogP contribution in [0.4, 0.5) is 0 Å². The van der Waals surface area contributed by atoms with Crippen molar-refractivity contribution in [3.8, 4) is 0 Å². The van der Waals surface area contributed by atoms with E-state index in [0.29, 0.717) is 39.4 Å². The van der Waals surface area contributed by atoms with Gasteiger partial charge in [-0.15, -0.1) is 0 Å². The van der Waals surface area contributed by atoms with Crippen LogP contribution in [0.5, 0.6) is 0 Å². The molecule has 7 nitrogen and oxygen atoms in total. The topological polar surface area (TPSA) is 79.3 Å². The van der Waals surface area contributed by atoms with E-state index < -0.39 is 6.10 Å². The number of carbonyl (C=O) groups excluding carboxylic acids is 2. The van der Waals surface area contributed by atoms with Crippen LogP contribution in [0, 0.1) is 0 Å². The quantitative estimate of drug-likeness (QED) is 0.0370. The van der Waals surface area contributed by atoms with Gasteiger partial charge >= 0.3 is 11.9 Å². The van der Waals surface area contributed by atoms with Gasteiger partial charge in [-0.1, -0.05) is 258 Å². The SMILES string of the molecule is CCCCCCCCCCCCCCCOC(=O)C=CCN(CC=CC(=O)OCCCCCCCCCCCCCCC)CC(O)CN(C)CCCCCCCCCCCCCC. The van der Waals surface area contributed by atoms with Crippen molar-refractivity contribution in [2.24, 2.45) is 0 Å². The number of aliphatic hydroxyl groups is 1. The van der Waals surface area contributed by atoms with E-state index in [9.17, 15) is 14.7 Å². The molecule has 63 heavy (non-hydrogen) atoms. The Hall–Kier alpha value is -1.70. The summed E-state index contributed by atoms with van der Waals surface area (Å²) >= 11 is 0. The molecule has 1 atom stereocenters. The number of hydrogen-bond acceptors (Lipinski definition) is 7. The number of rotatable bonds is 51. The van der Waals surface area contributed by atoms with Crippen molar-refractivity contribution in [1.82, 2.24) is 9.80 Å². The minimum Gasteiger partial charge on any atom is -0.463 e. The van der Waals surface area contributed by atoms with Crippen LogP contribution in [0.15, 0.2) is 24.3 Å². The fourth-order valence-electron chi connectivity index (χ4n) is 8.53.